The fraction of sp³-hybridized carbons (Fsp3) is 0.333. The molecule has 0 bridgehead atoms. The summed E-state index contributed by atoms with van der Waals surface area (Å²) in [7, 11) is 0. The van der Waals surface area contributed by atoms with Crippen LogP contribution in [0.3, 0.4) is 0 Å². The lowest BCUT2D eigenvalue weighted by Gasteiger charge is -2.09. The van der Waals surface area contributed by atoms with Crippen molar-refractivity contribution < 1.29 is 4.79 Å². The Labute approximate surface area is 101 Å². The molecule has 0 spiro atoms. The predicted octanol–water partition coefficient (Wildman–Crippen LogP) is 1.62. The van der Waals surface area contributed by atoms with Crippen LogP contribution in [-0.4, -0.2) is 10.9 Å². The van der Waals surface area contributed by atoms with Crippen molar-refractivity contribution in [3.05, 3.63) is 35.9 Å². The second kappa shape index (κ2) is 6.23. The summed E-state index contributed by atoms with van der Waals surface area (Å²) in [4.78, 5) is 11.9. The van der Waals surface area contributed by atoms with E-state index in [1.165, 1.54) is 0 Å². The number of hydrogen-bond acceptors (Lipinski definition) is 2. The number of thiocarbonyl (C=S) groups is 1. The van der Waals surface area contributed by atoms with Gasteiger partial charge in [0.25, 0.3) is 0 Å². The van der Waals surface area contributed by atoms with Gasteiger partial charge in [-0.1, -0.05) is 49.5 Å². The van der Waals surface area contributed by atoms with Gasteiger partial charge in [0.15, 0.2) is 0 Å². The standard InChI is InChI=1S/C12H16N2OS/c1-9(12(13)16)7-11(15)14-8-10-5-3-2-4-6-10/h2-6,9H,7-8H2,1H3,(H2,13,16)(H,14,15). The van der Waals surface area contributed by atoms with E-state index in [2.05, 4.69) is 5.32 Å². The van der Waals surface area contributed by atoms with Crippen molar-refractivity contribution in [2.45, 2.75) is 19.9 Å². The molecule has 0 fully saturated rings. The van der Waals surface area contributed by atoms with Crippen molar-refractivity contribution in [2.24, 2.45) is 11.7 Å². The van der Waals surface area contributed by atoms with E-state index in [4.69, 9.17) is 18.0 Å². The largest absolute Gasteiger partial charge is 0.393 e. The molecule has 1 aromatic rings. The van der Waals surface area contributed by atoms with Crippen molar-refractivity contribution in [3.63, 3.8) is 0 Å². The number of nitrogens with one attached hydrogen (secondary N) is 1. The second-order valence-corrected chi connectivity index (χ2v) is 4.24. The molecule has 0 radical (unpaired) electrons. The van der Waals surface area contributed by atoms with Gasteiger partial charge in [0.05, 0.1) is 4.99 Å². The molecule has 1 atom stereocenters. The molecule has 0 aliphatic heterocycles. The van der Waals surface area contributed by atoms with Gasteiger partial charge < -0.3 is 11.1 Å². The van der Waals surface area contributed by atoms with Crippen molar-refractivity contribution in [2.75, 3.05) is 0 Å². The van der Waals surface area contributed by atoms with Crippen molar-refractivity contribution in [1.82, 2.24) is 5.32 Å². The third-order valence-corrected chi connectivity index (χ3v) is 2.71. The van der Waals surface area contributed by atoms with Gasteiger partial charge in [0.2, 0.25) is 5.91 Å². The van der Waals surface area contributed by atoms with E-state index < -0.39 is 0 Å². The van der Waals surface area contributed by atoms with Gasteiger partial charge in [-0.3, -0.25) is 4.79 Å². The van der Waals surface area contributed by atoms with Gasteiger partial charge in [0, 0.05) is 18.9 Å². The van der Waals surface area contributed by atoms with Crippen LogP contribution in [0.15, 0.2) is 30.3 Å². The number of amides is 1. The zero-order chi connectivity index (χ0) is 12.0. The van der Waals surface area contributed by atoms with Gasteiger partial charge in [-0.15, -0.1) is 0 Å². The van der Waals surface area contributed by atoms with Crippen LogP contribution in [0.25, 0.3) is 0 Å². The van der Waals surface area contributed by atoms with Crippen LogP contribution in [0.5, 0.6) is 0 Å². The van der Waals surface area contributed by atoms with Gasteiger partial charge in [-0.2, -0.15) is 0 Å². The number of benzene rings is 1. The number of carbonyl (C=O) groups is 1. The number of nitrogens with two attached hydrogens (primary N) is 1. The normalized spacial score (nSPS) is 11.8. The van der Waals surface area contributed by atoms with Crippen LogP contribution >= 0.6 is 12.2 Å². The first-order chi connectivity index (χ1) is 7.59. The summed E-state index contributed by atoms with van der Waals surface area (Å²) in [6, 6.07) is 9.77. The zero-order valence-electron chi connectivity index (χ0n) is 9.27. The van der Waals surface area contributed by atoms with E-state index in [1.807, 2.05) is 37.3 Å². The average molecular weight is 236 g/mol. The molecule has 1 aromatic carbocycles. The molecule has 1 amide bonds. The van der Waals surface area contributed by atoms with Crippen molar-refractivity contribution >= 4 is 23.1 Å². The number of carbonyl (C=O) groups excluding carboxylic acids is 1. The van der Waals surface area contributed by atoms with Crippen LogP contribution < -0.4 is 11.1 Å². The fourth-order valence-electron chi connectivity index (χ4n) is 1.25. The summed E-state index contributed by atoms with van der Waals surface area (Å²) in [5, 5.41) is 2.83. The Kier molecular flexibility index (Phi) is 4.92. The van der Waals surface area contributed by atoms with E-state index in [1.54, 1.807) is 0 Å². The summed E-state index contributed by atoms with van der Waals surface area (Å²) in [5.74, 6) is -0.0741. The minimum absolute atomic E-state index is 0.0239. The van der Waals surface area contributed by atoms with Crippen LogP contribution in [0.2, 0.25) is 0 Å². The predicted molar refractivity (Wildman–Crippen MR) is 68.9 cm³/mol. The maximum Gasteiger partial charge on any atom is 0.220 e. The Morgan fingerprint density at radius 3 is 2.62 bits per heavy atom. The van der Waals surface area contributed by atoms with E-state index >= 15 is 0 Å². The first kappa shape index (κ1) is 12.6. The average Bonchev–Trinajstić information content (AvgIpc) is 2.27. The molecule has 0 saturated heterocycles. The van der Waals surface area contributed by atoms with Gasteiger partial charge >= 0.3 is 0 Å². The second-order valence-electron chi connectivity index (χ2n) is 3.77. The first-order valence-electron chi connectivity index (χ1n) is 5.19. The van der Waals surface area contributed by atoms with Gasteiger partial charge in [-0.25, -0.2) is 0 Å². The van der Waals surface area contributed by atoms with Crippen molar-refractivity contribution in [1.29, 1.82) is 0 Å². The van der Waals surface area contributed by atoms with Crippen LogP contribution in [0.1, 0.15) is 18.9 Å². The molecule has 3 N–H and O–H groups in total. The summed E-state index contributed by atoms with van der Waals surface area (Å²) >= 11 is 4.81. The highest BCUT2D eigenvalue weighted by molar-refractivity contribution is 7.80. The molecular formula is C12H16N2OS. The summed E-state index contributed by atoms with van der Waals surface area (Å²) in [5.41, 5.74) is 6.53. The molecular weight excluding hydrogens is 220 g/mol. The molecule has 1 rings (SSSR count). The maximum absolute atomic E-state index is 11.5. The van der Waals surface area contributed by atoms with E-state index in [0.717, 1.165) is 5.56 Å². The number of hydrogen-bond donors (Lipinski definition) is 2. The van der Waals surface area contributed by atoms with Crippen molar-refractivity contribution in [3.8, 4) is 0 Å². The minimum Gasteiger partial charge on any atom is -0.393 e. The smallest absolute Gasteiger partial charge is 0.220 e. The molecule has 86 valence electrons. The summed E-state index contributed by atoms with van der Waals surface area (Å²) in [6.45, 7) is 2.40. The van der Waals surface area contributed by atoms with E-state index in [9.17, 15) is 4.79 Å². The molecule has 0 aliphatic rings. The molecule has 0 heterocycles. The lowest BCUT2D eigenvalue weighted by Crippen LogP contribution is -2.28. The zero-order valence-corrected chi connectivity index (χ0v) is 10.1. The Hall–Kier alpha value is -1.42. The summed E-state index contributed by atoms with van der Waals surface area (Å²) in [6.07, 6.45) is 0.349. The highest BCUT2D eigenvalue weighted by atomic mass is 32.1. The number of rotatable bonds is 5. The van der Waals surface area contributed by atoms with Crippen LogP contribution in [0, 0.1) is 5.92 Å². The van der Waals surface area contributed by atoms with Gasteiger partial charge in [0.1, 0.15) is 0 Å². The SMILES string of the molecule is CC(CC(=O)NCc1ccccc1)C(N)=S. The highest BCUT2D eigenvalue weighted by Crippen LogP contribution is 2.02. The Balaban J connectivity index is 2.33. The maximum atomic E-state index is 11.5. The minimum atomic E-state index is -0.0502. The lowest BCUT2D eigenvalue weighted by atomic mass is 10.1. The Morgan fingerprint density at radius 1 is 1.44 bits per heavy atom. The summed E-state index contributed by atoms with van der Waals surface area (Å²) < 4.78 is 0. The molecule has 0 aliphatic carbocycles. The monoisotopic (exact) mass is 236 g/mol. The van der Waals surface area contributed by atoms with E-state index in [0.29, 0.717) is 18.0 Å². The molecule has 16 heavy (non-hydrogen) atoms. The third kappa shape index (κ3) is 4.40. The highest BCUT2D eigenvalue weighted by Gasteiger charge is 2.10. The first-order valence-corrected chi connectivity index (χ1v) is 5.60. The fourth-order valence-corrected chi connectivity index (χ4v) is 1.33. The van der Waals surface area contributed by atoms with Crippen LogP contribution in [0.4, 0.5) is 0 Å². The molecule has 0 saturated carbocycles. The third-order valence-electron chi connectivity index (χ3n) is 2.31. The Morgan fingerprint density at radius 2 is 2.06 bits per heavy atom. The van der Waals surface area contributed by atoms with Gasteiger partial charge in [-0.05, 0) is 5.56 Å². The lowest BCUT2D eigenvalue weighted by molar-refractivity contribution is -0.121. The molecule has 4 heteroatoms. The van der Waals surface area contributed by atoms with E-state index in [-0.39, 0.29) is 11.8 Å². The van der Waals surface area contributed by atoms with Crippen LogP contribution in [-0.2, 0) is 11.3 Å². The molecule has 3 nitrogen and oxygen atoms in total. The molecule has 1 unspecified atom stereocenters. The molecule has 0 aromatic heterocycles. The quantitative estimate of drug-likeness (QED) is 0.764. The Bertz CT molecular complexity index is 365. The topological polar surface area (TPSA) is 55.1 Å².